The maximum absolute atomic E-state index is 6.83. The van der Waals surface area contributed by atoms with E-state index in [-0.39, 0.29) is 0 Å². The molecular weight excluding hydrogens is 597 g/mol. The smallest absolute Gasteiger partial charge is 0.220 e. The lowest BCUT2D eigenvalue weighted by Crippen LogP contribution is -2.60. The van der Waals surface area contributed by atoms with E-state index in [4.69, 9.17) is 35.9 Å². The minimum atomic E-state index is -0.535. The van der Waals surface area contributed by atoms with E-state index in [1.54, 1.807) is 11.8 Å². The van der Waals surface area contributed by atoms with Crippen molar-refractivity contribution in [2.45, 2.75) is 54.6 Å². The second kappa shape index (κ2) is 17.0. The highest BCUT2D eigenvalue weighted by atomic mass is 32.2. The first kappa shape index (κ1) is 31.7. The third-order valence-corrected chi connectivity index (χ3v) is 9.13. The summed E-state index contributed by atoms with van der Waals surface area (Å²) in [5.41, 5.74) is 2.81. The summed E-state index contributed by atoms with van der Waals surface area (Å²) in [5, 5.41) is 0. The Morgan fingerprint density at radius 2 is 1.14 bits per heavy atom. The molecule has 8 heteroatoms. The first-order valence-corrected chi connectivity index (χ1v) is 16.8. The summed E-state index contributed by atoms with van der Waals surface area (Å²) in [6.07, 6.45) is -0.0403. The molecule has 5 rings (SSSR count). The predicted molar refractivity (Wildman–Crippen MR) is 178 cm³/mol. The first-order valence-electron chi connectivity index (χ1n) is 14.2. The molecule has 5 nitrogen and oxygen atoms in total. The number of ether oxygens (including phenoxy) is 5. The van der Waals surface area contributed by atoms with Gasteiger partial charge in [-0.25, -0.2) is 0 Å². The van der Waals surface area contributed by atoms with Crippen molar-refractivity contribution in [1.29, 1.82) is 0 Å². The Bertz CT molecular complexity index is 1360. The third-order valence-electron chi connectivity index (χ3n) is 6.95. The van der Waals surface area contributed by atoms with E-state index in [9.17, 15) is 0 Å². The molecule has 0 spiro atoms. The van der Waals surface area contributed by atoms with E-state index in [2.05, 4.69) is 36.4 Å². The van der Waals surface area contributed by atoms with E-state index < -0.39 is 29.9 Å². The van der Waals surface area contributed by atoms with Gasteiger partial charge in [0.25, 0.3) is 0 Å². The van der Waals surface area contributed by atoms with E-state index in [1.807, 2.05) is 91.2 Å². The zero-order chi connectivity index (χ0) is 29.7. The molecule has 0 amide bonds. The van der Waals surface area contributed by atoms with Gasteiger partial charge in [-0.05, 0) is 47.3 Å². The van der Waals surface area contributed by atoms with Crippen LogP contribution in [0.5, 0.6) is 0 Å². The van der Waals surface area contributed by atoms with Crippen LogP contribution in [0, 0.1) is 0 Å². The molecule has 0 unspecified atom stereocenters. The summed E-state index contributed by atoms with van der Waals surface area (Å²) in [7, 11) is 0. The normalized spacial score (nSPS) is 21.7. The molecule has 5 atom stereocenters. The summed E-state index contributed by atoms with van der Waals surface area (Å²) >= 11 is 8.61. The molecule has 224 valence electrons. The van der Waals surface area contributed by atoms with Crippen LogP contribution in [-0.4, -0.2) is 47.1 Å². The Morgan fingerprint density at radius 3 is 1.67 bits per heavy atom. The number of thioether (sulfide) groups is 2. The van der Waals surface area contributed by atoms with Gasteiger partial charge in [0.15, 0.2) is 6.10 Å². The number of hydrogen-bond donors (Lipinski definition) is 0. The van der Waals surface area contributed by atoms with Gasteiger partial charge in [-0.1, -0.05) is 133 Å². The minimum absolute atomic E-state index is 0.317. The standard InChI is InChI=1S/C35H36O5S3/c1-42-35(41)40-32-31(37-23-27-16-8-3-9-17-27)30(25-36-22-26-14-6-2-7-15-26)39-34(43-29-20-12-5-13-21-29)33(32)38-24-28-18-10-4-11-19-28/h2-21,30-34H,22-25H2,1H3/t30-,31+,32+,33-,34+/m1/s1. The predicted octanol–water partition coefficient (Wildman–Crippen LogP) is 7.92. The van der Waals surface area contributed by atoms with Gasteiger partial charge in [0.2, 0.25) is 4.38 Å². The summed E-state index contributed by atoms with van der Waals surface area (Å²) in [6, 6.07) is 40.5. The molecular formula is C35H36O5S3. The van der Waals surface area contributed by atoms with Crippen LogP contribution in [0.4, 0.5) is 0 Å². The van der Waals surface area contributed by atoms with E-state index in [0.29, 0.717) is 30.8 Å². The van der Waals surface area contributed by atoms with Crippen molar-refractivity contribution < 1.29 is 23.7 Å². The number of benzene rings is 4. The monoisotopic (exact) mass is 632 g/mol. The molecule has 0 aromatic heterocycles. The van der Waals surface area contributed by atoms with E-state index in [1.165, 1.54) is 11.8 Å². The molecule has 0 aliphatic carbocycles. The maximum atomic E-state index is 6.83. The topological polar surface area (TPSA) is 46.2 Å². The quantitative estimate of drug-likeness (QED) is 0.138. The van der Waals surface area contributed by atoms with E-state index >= 15 is 0 Å². The fourth-order valence-electron chi connectivity index (χ4n) is 4.81. The van der Waals surface area contributed by atoms with Crippen LogP contribution in [0.1, 0.15) is 16.7 Å². The third kappa shape index (κ3) is 9.65. The molecule has 43 heavy (non-hydrogen) atoms. The second-order valence-corrected chi connectivity index (χ2v) is 12.6. The molecule has 4 aromatic rings. The zero-order valence-electron chi connectivity index (χ0n) is 24.0. The van der Waals surface area contributed by atoms with Gasteiger partial charge in [-0.2, -0.15) is 0 Å². The lowest BCUT2D eigenvalue weighted by Gasteiger charge is -2.45. The van der Waals surface area contributed by atoms with Gasteiger partial charge in [0, 0.05) is 4.90 Å². The summed E-state index contributed by atoms with van der Waals surface area (Å²) in [6.45, 7) is 1.56. The van der Waals surface area contributed by atoms with Crippen LogP contribution in [0.2, 0.25) is 0 Å². The Balaban J connectivity index is 1.44. The zero-order valence-corrected chi connectivity index (χ0v) is 26.5. The van der Waals surface area contributed by atoms with Gasteiger partial charge in [0.05, 0.1) is 26.4 Å². The second-order valence-electron chi connectivity index (χ2n) is 10.0. The maximum Gasteiger partial charge on any atom is 0.220 e. The molecule has 4 aromatic carbocycles. The fourth-order valence-corrected chi connectivity index (χ4v) is 6.28. The van der Waals surface area contributed by atoms with Gasteiger partial charge >= 0.3 is 0 Å². The molecule has 0 bridgehead atoms. The molecule has 1 saturated heterocycles. The Hall–Kier alpha value is -2.69. The molecule has 0 N–H and O–H groups in total. The molecule has 1 aliphatic rings. The van der Waals surface area contributed by atoms with Gasteiger partial charge in [-0.15, -0.1) is 0 Å². The average molecular weight is 633 g/mol. The molecule has 1 fully saturated rings. The number of hydrogen-bond acceptors (Lipinski definition) is 8. The molecule has 0 radical (unpaired) electrons. The SMILES string of the molecule is CSC(=S)O[C@H]1[C@@H](OCc2ccccc2)[C@@H](COCc2ccccc2)O[C@@H](Sc2ccccc2)[C@@H]1OCc1ccccc1. The Labute approximate surface area is 268 Å². The lowest BCUT2D eigenvalue weighted by molar-refractivity contribution is -0.236. The van der Waals surface area contributed by atoms with Crippen LogP contribution in [0.25, 0.3) is 0 Å². The summed E-state index contributed by atoms with van der Waals surface area (Å²) < 4.78 is 33.3. The van der Waals surface area contributed by atoms with E-state index in [0.717, 1.165) is 21.6 Å². The largest absolute Gasteiger partial charge is 0.469 e. The van der Waals surface area contributed by atoms with Crippen molar-refractivity contribution in [3.63, 3.8) is 0 Å². The van der Waals surface area contributed by atoms with Crippen LogP contribution in [0.15, 0.2) is 126 Å². The molecule has 1 aliphatic heterocycles. The van der Waals surface area contributed by atoms with Crippen molar-refractivity contribution in [2.75, 3.05) is 12.9 Å². The first-order chi connectivity index (χ1) is 21.2. The summed E-state index contributed by atoms with van der Waals surface area (Å²) in [5.74, 6) is 0. The Morgan fingerprint density at radius 1 is 0.651 bits per heavy atom. The van der Waals surface area contributed by atoms with Gasteiger partial charge < -0.3 is 23.7 Å². The van der Waals surface area contributed by atoms with Crippen molar-refractivity contribution in [3.8, 4) is 0 Å². The number of thiocarbonyl (C=S) groups is 1. The van der Waals surface area contributed by atoms with Crippen LogP contribution >= 0.6 is 35.7 Å². The summed E-state index contributed by atoms with van der Waals surface area (Å²) in [4.78, 5) is 1.07. The van der Waals surface area contributed by atoms with Crippen LogP contribution in [-0.2, 0) is 43.5 Å². The fraction of sp³-hybridized carbons (Fsp3) is 0.286. The van der Waals surface area contributed by atoms with Crippen molar-refractivity contribution in [3.05, 3.63) is 138 Å². The number of rotatable bonds is 13. The highest BCUT2D eigenvalue weighted by Crippen LogP contribution is 2.38. The van der Waals surface area contributed by atoms with Crippen LogP contribution < -0.4 is 0 Å². The van der Waals surface area contributed by atoms with Crippen molar-refractivity contribution in [2.24, 2.45) is 0 Å². The van der Waals surface area contributed by atoms with Gasteiger partial charge in [-0.3, -0.25) is 0 Å². The molecule has 0 saturated carbocycles. The Kier molecular flexibility index (Phi) is 12.5. The minimum Gasteiger partial charge on any atom is -0.469 e. The highest BCUT2D eigenvalue weighted by molar-refractivity contribution is 8.22. The van der Waals surface area contributed by atoms with Crippen molar-refractivity contribution in [1.82, 2.24) is 0 Å². The van der Waals surface area contributed by atoms with Gasteiger partial charge in [0.1, 0.15) is 23.7 Å². The lowest BCUT2D eigenvalue weighted by atomic mass is 9.99. The van der Waals surface area contributed by atoms with Crippen molar-refractivity contribution >= 4 is 40.1 Å². The average Bonchev–Trinajstić information content (AvgIpc) is 3.06. The highest BCUT2D eigenvalue weighted by Gasteiger charge is 2.50. The molecule has 1 heterocycles. The van der Waals surface area contributed by atoms with Crippen LogP contribution in [0.3, 0.4) is 0 Å².